The van der Waals surface area contributed by atoms with Crippen molar-refractivity contribution in [2.45, 2.75) is 0 Å². The lowest BCUT2D eigenvalue weighted by molar-refractivity contribution is 0.630. The van der Waals surface area contributed by atoms with E-state index >= 15 is 0 Å². The van der Waals surface area contributed by atoms with E-state index in [0.29, 0.717) is 27.1 Å². The Morgan fingerprint density at radius 2 is 1.94 bits per heavy atom. The van der Waals surface area contributed by atoms with E-state index in [4.69, 9.17) is 23.2 Å². The summed E-state index contributed by atoms with van der Waals surface area (Å²) in [5.74, 6) is -0.360. The van der Waals surface area contributed by atoms with Crippen molar-refractivity contribution in [3.63, 3.8) is 0 Å². The summed E-state index contributed by atoms with van der Waals surface area (Å²) in [4.78, 5) is 4.27. The second-order valence-corrected chi connectivity index (χ2v) is 4.47. The van der Waals surface area contributed by atoms with E-state index < -0.39 is 0 Å². The largest absolute Gasteiger partial charge is 0.227 e. The van der Waals surface area contributed by atoms with Crippen LogP contribution in [0, 0.1) is 5.82 Å². The highest BCUT2D eigenvalue weighted by atomic mass is 35.5. The lowest BCUT2D eigenvalue weighted by Crippen LogP contribution is -1.95. The fourth-order valence-corrected chi connectivity index (χ4v) is 2.10. The lowest BCUT2D eigenvalue weighted by atomic mass is 10.1. The van der Waals surface area contributed by atoms with Gasteiger partial charge in [0.25, 0.3) is 0 Å². The topological polar surface area (TPSA) is 30.2 Å². The maximum atomic E-state index is 13.7. The third kappa shape index (κ3) is 1.74. The minimum Gasteiger partial charge on any atom is -0.227 e. The average Bonchev–Trinajstić information content (AvgIpc) is 2.72. The zero-order valence-corrected chi connectivity index (χ0v) is 10.5. The molecule has 0 saturated heterocycles. The van der Waals surface area contributed by atoms with E-state index in [-0.39, 0.29) is 5.82 Å². The molecule has 0 aliphatic carbocycles. The van der Waals surface area contributed by atoms with Gasteiger partial charge in [-0.1, -0.05) is 35.3 Å². The summed E-state index contributed by atoms with van der Waals surface area (Å²) >= 11 is 12.0. The van der Waals surface area contributed by atoms with Gasteiger partial charge in [-0.2, -0.15) is 5.10 Å². The molecular weight excluding hydrogens is 276 g/mol. The minimum atomic E-state index is -0.360. The van der Waals surface area contributed by atoms with Gasteiger partial charge >= 0.3 is 0 Å². The second kappa shape index (κ2) is 4.23. The fraction of sp³-hybridized carbons (Fsp3) is 0. The first-order valence-corrected chi connectivity index (χ1v) is 5.87. The van der Waals surface area contributed by atoms with Crippen LogP contribution in [0.3, 0.4) is 0 Å². The molecule has 0 spiro atoms. The number of hydrogen-bond acceptors (Lipinski definition) is 2. The van der Waals surface area contributed by atoms with Gasteiger partial charge < -0.3 is 0 Å². The Morgan fingerprint density at radius 1 is 1.17 bits per heavy atom. The fourth-order valence-electron chi connectivity index (χ4n) is 1.71. The molecule has 0 aliphatic heterocycles. The molecule has 0 atom stereocenters. The molecule has 0 aliphatic rings. The predicted molar refractivity (Wildman–Crippen MR) is 68.4 cm³/mol. The molecule has 18 heavy (non-hydrogen) atoms. The molecule has 2 heterocycles. The number of nitrogens with zero attached hydrogens (tertiary/aromatic N) is 3. The van der Waals surface area contributed by atoms with Crippen molar-refractivity contribution < 1.29 is 4.39 Å². The second-order valence-electron chi connectivity index (χ2n) is 3.67. The molecule has 3 aromatic rings. The molecule has 0 saturated carbocycles. The van der Waals surface area contributed by atoms with Crippen molar-refractivity contribution in [2.24, 2.45) is 0 Å². The number of halogens is 3. The van der Waals surface area contributed by atoms with Crippen LogP contribution in [0.2, 0.25) is 10.2 Å². The van der Waals surface area contributed by atoms with Gasteiger partial charge in [0.05, 0.1) is 11.9 Å². The van der Waals surface area contributed by atoms with E-state index in [2.05, 4.69) is 10.1 Å². The monoisotopic (exact) mass is 281 g/mol. The van der Waals surface area contributed by atoms with E-state index in [0.717, 1.165) is 0 Å². The highest BCUT2D eigenvalue weighted by Gasteiger charge is 2.12. The Morgan fingerprint density at radius 3 is 2.72 bits per heavy atom. The Hall–Kier alpha value is -1.65. The van der Waals surface area contributed by atoms with Crippen molar-refractivity contribution >= 4 is 28.8 Å². The summed E-state index contributed by atoms with van der Waals surface area (Å²) in [6.45, 7) is 0. The summed E-state index contributed by atoms with van der Waals surface area (Å²) in [5.41, 5.74) is 1.20. The van der Waals surface area contributed by atoms with Gasteiger partial charge in [0.2, 0.25) is 0 Å². The Kier molecular flexibility index (Phi) is 2.69. The first-order chi connectivity index (χ1) is 8.66. The maximum Gasteiger partial charge on any atom is 0.176 e. The standard InChI is InChI=1S/C12H6Cl2FN3/c13-8-6-16-18-11(14)5-10(17-12(8)18)7-3-1-2-4-9(7)15/h1-6H. The van der Waals surface area contributed by atoms with Crippen LogP contribution >= 0.6 is 23.2 Å². The van der Waals surface area contributed by atoms with Crippen LogP contribution in [0.4, 0.5) is 4.39 Å². The zero-order chi connectivity index (χ0) is 12.7. The van der Waals surface area contributed by atoms with E-state index in [1.54, 1.807) is 24.3 Å². The molecule has 0 fully saturated rings. The van der Waals surface area contributed by atoms with Crippen LogP contribution in [0.15, 0.2) is 36.5 Å². The van der Waals surface area contributed by atoms with E-state index in [1.165, 1.54) is 16.8 Å². The maximum absolute atomic E-state index is 13.7. The molecule has 1 aromatic carbocycles. The molecular formula is C12H6Cl2FN3. The van der Waals surface area contributed by atoms with Gasteiger partial charge in [0.1, 0.15) is 16.0 Å². The van der Waals surface area contributed by atoms with Crippen LogP contribution < -0.4 is 0 Å². The zero-order valence-electron chi connectivity index (χ0n) is 8.94. The number of fused-ring (bicyclic) bond motifs is 1. The molecule has 0 amide bonds. The summed E-state index contributed by atoms with van der Waals surface area (Å²) in [5, 5.41) is 4.67. The molecule has 2 aromatic heterocycles. The molecule has 0 N–H and O–H groups in total. The highest BCUT2D eigenvalue weighted by molar-refractivity contribution is 6.34. The molecule has 0 bridgehead atoms. The molecule has 0 radical (unpaired) electrons. The first-order valence-electron chi connectivity index (χ1n) is 5.11. The van der Waals surface area contributed by atoms with Crippen LogP contribution in [0.5, 0.6) is 0 Å². The minimum absolute atomic E-state index is 0.324. The number of rotatable bonds is 1. The summed E-state index contributed by atoms with van der Waals surface area (Å²) in [6, 6.07) is 7.90. The van der Waals surface area contributed by atoms with Crippen molar-refractivity contribution in [1.29, 1.82) is 0 Å². The summed E-state index contributed by atoms with van der Waals surface area (Å²) < 4.78 is 15.1. The molecule has 0 unspecified atom stereocenters. The van der Waals surface area contributed by atoms with Crippen LogP contribution in [-0.4, -0.2) is 14.6 Å². The van der Waals surface area contributed by atoms with E-state index in [9.17, 15) is 4.39 Å². The van der Waals surface area contributed by atoms with Gasteiger partial charge in [-0.15, -0.1) is 0 Å². The number of aromatic nitrogens is 3. The quantitative estimate of drug-likeness (QED) is 0.635. The average molecular weight is 282 g/mol. The smallest absolute Gasteiger partial charge is 0.176 e. The normalized spacial score (nSPS) is 11.1. The van der Waals surface area contributed by atoms with Gasteiger partial charge in [-0.25, -0.2) is 13.9 Å². The molecule has 3 nitrogen and oxygen atoms in total. The van der Waals surface area contributed by atoms with Crippen molar-refractivity contribution in [1.82, 2.24) is 14.6 Å². The molecule has 3 rings (SSSR count). The van der Waals surface area contributed by atoms with Crippen molar-refractivity contribution in [2.75, 3.05) is 0 Å². The molecule has 6 heteroatoms. The van der Waals surface area contributed by atoms with Crippen LogP contribution in [0.1, 0.15) is 0 Å². The SMILES string of the molecule is Fc1ccccc1-c1cc(Cl)n2ncc(Cl)c2n1. The van der Waals surface area contributed by atoms with Crippen molar-refractivity contribution in [3.8, 4) is 11.3 Å². The van der Waals surface area contributed by atoms with Crippen LogP contribution in [-0.2, 0) is 0 Å². The van der Waals surface area contributed by atoms with Crippen molar-refractivity contribution in [3.05, 3.63) is 52.5 Å². The van der Waals surface area contributed by atoms with Gasteiger partial charge in [0.15, 0.2) is 5.65 Å². The summed E-state index contributed by atoms with van der Waals surface area (Å²) in [6.07, 6.45) is 1.45. The van der Waals surface area contributed by atoms with Gasteiger partial charge in [-0.05, 0) is 12.1 Å². The first kappa shape index (κ1) is 11.4. The predicted octanol–water partition coefficient (Wildman–Crippen LogP) is 3.84. The highest BCUT2D eigenvalue weighted by Crippen LogP contribution is 2.26. The third-order valence-electron chi connectivity index (χ3n) is 2.54. The van der Waals surface area contributed by atoms with E-state index in [1.807, 2.05) is 0 Å². The van der Waals surface area contributed by atoms with Crippen LogP contribution in [0.25, 0.3) is 16.9 Å². The number of hydrogen-bond donors (Lipinski definition) is 0. The number of benzene rings is 1. The summed E-state index contributed by atoms with van der Waals surface area (Å²) in [7, 11) is 0. The Balaban J connectivity index is 2.31. The molecule has 90 valence electrons. The van der Waals surface area contributed by atoms with Gasteiger partial charge in [0, 0.05) is 11.6 Å². The van der Waals surface area contributed by atoms with Gasteiger partial charge in [-0.3, -0.25) is 0 Å². The lowest BCUT2D eigenvalue weighted by Gasteiger charge is -2.04. The Labute approximate surface area is 112 Å². The Bertz CT molecular complexity index is 739. The third-order valence-corrected chi connectivity index (χ3v) is 3.07.